The van der Waals surface area contributed by atoms with Crippen LogP contribution < -0.4 is 0 Å². The lowest BCUT2D eigenvalue weighted by atomic mass is 10.0. The third-order valence-corrected chi connectivity index (χ3v) is 3.95. The lowest BCUT2D eigenvalue weighted by Crippen LogP contribution is -2.19. The second-order valence-corrected chi connectivity index (χ2v) is 5.02. The molecule has 0 saturated heterocycles. The zero-order valence-electron chi connectivity index (χ0n) is 8.96. The molecule has 0 atom stereocenters. The van der Waals surface area contributed by atoms with Crippen LogP contribution >= 0.6 is 11.3 Å². The number of aliphatic carboxylic acids is 1. The quantitative estimate of drug-likeness (QED) is 0.902. The summed E-state index contributed by atoms with van der Waals surface area (Å²) in [5, 5.41) is 11.9. The monoisotopic (exact) mass is 246 g/mol. The molecule has 4 nitrogen and oxygen atoms in total. The summed E-state index contributed by atoms with van der Waals surface area (Å²) in [6, 6.07) is 3.77. The van der Waals surface area contributed by atoms with Gasteiger partial charge in [0.2, 0.25) is 0 Å². The highest BCUT2D eigenvalue weighted by Crippen LogP contribution is 2.49. The molecule has 1 aliphatic carbocycles. The highest BCUT2D eigenvalue weighted by atomic mass is 32.1. The summed E-state index contributed by atoms with van der Waals surface area (Å²) in [6.07, 6.45) is 4.83. The SMILES string of the molecule is O=C(O)C1(c2csc(-c3cccnc3)n2)CC1. The van der Waals surface area contributed by atoms with Gasteiger partial charge in [-0.15, -0.1) is 11.3 Å². The number of rotatable bonds is 3. The minimum absolute atomic E-state index is 0.689. The van der Waals surface area contributed by atoms with Crippen LogP contribution in [0, 0.1) is 0 Å². The minimum Gasteiger partial charge on any atom is -0.481 e. The molecule has 17 heavy (non-hydrogen) atoms. The van der Waals surface area contributed by atoms with Crippen molar-refractivity contribution < 1.29 is 9.90 Å². The zero-order chi connectivity index (χ0) is 11.9. The normalized spacial score (nSPS) is 16.7. The van der Waals surface area contributed by atoms with Crippen LogP contribution in [-0.4, -0.2) is 21.0 Å². The molecule has 5 heteroatoms. The maximum atomic E-state index is 11.2. The number of nitrogens with zero attached hydrogens (tertiary/aromatic N) is 2. The van der Waals surface area contributed by atoms with Crippen molar-refractivity contribution in [3.63, 3.8) is 0 Å². The van der Waals surface area contributed by atoms with Crippen molar-refractivity contribution in [1.29, 1.82) is 0 Å². The van der Waals surface area contributed by atoms with Gasteiger partial charge in [-0.1, -0.05) is 0 Å². The Bertz CT molecular complexity index is 561. The number of carboxylic acid groups (broad SMARTS) is 1. The number of pyridine rings is 1. The molecule has 0 unspecified atom stereocenters. The Morgan fingerprint density at radius 3 is 2.88 bits per heavy atom. The first kappa shape index (κ1) is 10.4. The molecule has 0 bridgehead atoms. The van der Waals surface area contributed by atoms with Gasteiger partial charge in [-0.2, -0.15) is 0 Å². The van der Waals surface area contributed by atoms with E-state index in [2.05, 4.69) is 9.97 Å². The number of carbonyl (C=O) groups is 1. The first-order valence-corrected chi connectivity index (χ1v) is 6.20. The Morgan fingerprint density at radius 1 is 1.47 bits per heavy atom. The molecule has 86 valence electrons. The molecule has 3 rings (SSSR count). The molecule has 1 N–H and O–H groups in total. The van der Waals surface area contributed by atoms with E-state index in [9.17, 15) is 9.90 Å². The Balaban J connectivity index is 1.97. The molecule has 2 heterocycles. The average Bonchev–Trinajstić information content (AvgIpc) is 3.02. The maximum Gasteiger partial charge on any atom is 0.315 e. The summed E-state index contributed by atoms with van der Waals surface area (Å²) in [6.45, 7) is 0. The van der Waals surface area contributed by atoms with Gasteiger partial charge in [-0.25, -0.2) is 4.98 Å². The Kier molecular flexibility index (Phi) is 2.22. The van der Waals surface area contributed by atoms with Gasteiger partial charge in [0.1, 0.15) is 10.4 Å². The van der Waals surface area contributed by atoms with Crippen molar-refractivity contribution >= 4 is 17.3 Å². The second kappa shape index (κ2) is 3.63. The molecular formula is C12H10N2O2S. The van der Waals surface area contributed by atoms with Crippen molar-refractivity contribution in [1.82, 2.24) is 9.97 Å². The number of hydrogen-bond donors (Lipinski definition) is 1. The predicted molar refractivity (Wildman–Crippen MR) is 63.9 cm³/mol. The largest absolute Gasteiger partial charge is 0.481 e. The molecule has 0 radical (unpaired) electrons. The topological polar surface area (TPSA) is 63.1 Å². The van der Waals surface area contributed by atoms with Gasteiger partial charge in [0, 0.05) is 23.3 Å². The molecule has 1 aliphatic rings. The van der Waals surface area contributed by atoms with Crippen molar-refractivity contribution in [2.75, 3.05) is 0 Å². The molecule has 2 aromatic rings. The number of hydrogen-bond acceptors (Lipinski definition) is 4. The van der Waals surface area contributed by atoms with Crippen LogP contribution in [0.1, 0.15) is 18.5 Å². The van der Waals surface area contributed by atoms with E-state index < -0.39 is 11.4 Å². The van der Waals surface area contributed by atoms with Crippen molar-refractivity contribution in [2.45, 2.75) is 18.3 Å². The van der Waals surface area contributed by atoms with Gasteiger partial charge in [0.05, 0.1) is 5.69 Å². The third-order valence-electron chi connectivity index (χ3n) is 3.06. The van der Waals surface area contributed by atoms with Crippen LogP contribution in [-0.2, 0) is 10.2 Å². The first-order chi connectivity index (χ1) is 8.22. The fourth-order valence-corrected chi connectivity index (χ4v) is 2.73. The number of carboxylic acids is 1. The summed E-state index contributed by atoms with van der Waals surface area (Å²) >= 11 is 1.47. The van der Waals surface area contributed by atoms with E-state index in [1.54, 1.807) is 12.4 Å². The van der Waals surface area contributed by atoms with Crippen LogP contribution in [0.2, 0.25) is 0 Å². The summed E-state index contributed by atoms with van der Waals surface area (Å²) in [4.78, 5) is 19.6. The first-order valence-electron chi connectivity index (χ1n) is 5.32. The number of thiazole rings is 1. The average molecular weight is 246 g/mol. The Morgan fingerprint density at radius 2 is 2.29 bits per heavy atom. The highest BCUT2D eigenvalue weighted by Gasteiger charge is 2.53. The lowest BCUT2D eigenvalue weighted by Gasteiger charge is -2.04. The predicted octanol–water partition coefficient (Wildman–Crippen LogP) is 2.32. The van der Waals surface area contributed by atoms with Crippen molar-refractivity contribution in [3.05, 3.63) is 35.6 Å². The van der Waals surface area contributed by atoms with Crippen LogP contribution in [0.15, 0.2) is 29.9 Å². The maximum absolute atomic E-state index is 11.2. The molecule has 0 aromatic carbocycles. The number of aromatic nitrogens is 2. The van der Waals surface area contributed by atoms with Gasteiger partial charge in [-0.3, -0.25) is 9.78 Å². The molecule has 0 spiro atoms. The van der Waals surface area contributed by atoms with Crippen LogP contribution in [0.3, 0.4) is 0 Å². The smallest absolute Gasteiger partial charge is 0.315 e. The Labute approximate surface area is 102 Å². The summed E-state index contributed by atoms with van der Waals surface area (Å²) in [5.74, 6) is -0.763. The van der Waals surface area contributed by atoms with Crippen molar-refractivity contribution in [2.24, 2.45) is 0 Å². The van der Waals surface area contributed by atoms with Gasteiger partial charge >= 0.3 is 5.97 Å². The summed E-state index contributed by atoms with van der Waals surface area (Å²) in [5.41, 5.74) is 0.913. The van der Waals surface area contributed by atoms with E-state index in [-0.39, 0.29) is 0 Å². The standard InChI is InChI=1S/C12H10N2O2S/c15-11(16)12(3-4-12)9-7-17-10(14-9)8-2-1-5-13-6-8/h1-2,5-7H,3-4H2,(H,15,16). The zero-order valence-corrected chi connectivity index (χ0v) is 9.78. The third kappa shape index (κ3) is 1.63. The van der Waals surface area contributed by atoms with Gasteiger partial charge in [0.25, 0.3) is 0 Å². The fourth-order valence-electron chi connectivity index (χ4n) is 1.82. The minimum atomic E-state index is -0.763. The van der Waals surface area contributed by atoms with Crippen molar-refractivity contribution in [3.8, 4) is 10.6 Å². The van der Waals surface area contributed by atoms with Crippen LogP contribution in [0.5, 0.6) is 0 Å². The van der Waals surface area contributed by atoms with Crippen LogP contribution in [0.25, 0.3) is 10.6 Å². The summed E-state index contributed by atoms with van der Waals surface area (Å²) < 4.78 is 0. The van der Waals surface area contributed by atoms with E-state index in [0.29, 0.717) is 18.5 Å². The molecule has 1 fully saturated rings. The molecule has 1 saturated carbocycles. The second-order valence-electron chi connectivity index (χ2n) is 4.17. The lowest BCUT2D eigenvalue weighted by molar-refractivity contribution is -0.140. The Hall–Kier alpha value is -1.75. The molecular weight excluding hydrogens is 236 g/mol. The highest BCUT2D eigenvalue weighted by molar-refractivity contribution is 7.13. The molecule has 0 amide bonds. The van der Waals surface area contributed by atoms with E-state index >= 15 is 0 Å². The summed E-state index contributed by atoms with van der Waals surface area (Å²) in [7, 11) is 0. The van der Waals surface area contributed by atoms with E-state index in [0.717, 1.165) is 10.6 Å². The molecule has 2 aromatic heterocycles. The fraction of sp³-hybridized carbons (Fsp3) is 0.250. The van der Waals surface area contributed by atoms with Gasteiger partial charge in [0.15, 0.2) is 0 Å². The van der Waals surface area contributed by atoms with E-state index in [1.165, 1.54) is 11.3 Å². The van der Waals surface area contributed by atoms with E-state index in [1.807, 2.05) is 17.5 Å². The van der Waals surface area contributed by atoms with Crippen LogP contribution in [0.4, 0.5) is 0 Å². The van der Waals surface area contributed by atoms with Gasteiger partial charge in [-0.05, 0) is 25.0 Å². The molecule has 0 aliphatic heterocycles. The van der Waals surface area contributed by atoms with Gasteiger partial charge < -0.3 is 5.11 Å². The van der Waals surface area contributed by atoms with E-state index in [4.69, 9.17) is 0 Å².